The highest BCUT2D eigenvalue weighted by molar-refractivity contribution is 6.46. The van der Waals surface area contributed by atoms with E-state index in [9.17, 15) is 14.7 Å². The van der Waals surface area contributed by atoms with E-state index in [2.05, 4.69) is 4.98 Å². The number of hydrogen-bond acceptors (Lipinski definition) is 8. The van der Waals surface area contributed by atoms with Gasteiger partial charge in [-0.2, -0.15) is 0 Å². The number of aromatic nitrogens is 1. The monoisotopic (exact) mass is 578 g/mol. The van der Waals surface area contributed by atoms with Crippen LogP contribution in [0.3, 0.4) is 0 Å². The second-order valence-electron chi connectivity index (χ2n) is 10.1. The Balaban J connectivity index is 1.43. The molecule has 0 bridgehead atoms. The molecule has 2 aliphatic heterocycles. The number of aliphatic hydroxyl groups is 1. The molecule has 9 heteroatoms. The summed E-state index contributed by atoms with van der Waals surface area (Å²) in [5.41, 5.74) is 2.62. The molecule has 4 aromatic rings. The largest absolute Gasteiger partial charge is 0.507 e. The first-order valence-corrected chi connectivity index (χ1v) is 14.0. The number of carbonyl (C=O) groups excluding carboxylic acids is 2. The summed E-state index contributed by atoms with van der Waals surface area (Å²) in [5, 5.41) is 11.6. The Morgan fingerprint density at radius 1 is 0.907 bits per heavy atom. The Kier molecular flexibility index (Phi) is 7.95. The zero-order valence-electron chi connectivity index (χ0n) is 23.6. The van der Waals surface area contributed by atoms with Crippen LogP contribution in [-0.4, -0.2) is 46.5 Å². The third-order valence-corrected chi connectivity index (χ3v) is 7.25. The third-order valence-electron chi connectivity index (χ3n) is 7.25. The first kappa shape index (κ1) is 27.8. The first-order chi connectivity index (χ1) is 21.0. The van der Waals surface area contributed by atoms with Crippen LogP contribution in [0.25, 0.3) is 5.76 Å². The number of Topliss-reactive ketones (excluding diaryl/α,β-unsaturated/α-hetero) is 1. The molecule has 3 heterocycles. The van der Waals surface area contributed by atoms with Crippen molar-refractivity contribution in [2.24, 2.45) is 0 Å². The molecule has 0 spiro atoms. The van der Waals surface area contributed by atoms with Crippen molar-refractivity contribution >= 4 is 17.4 Å². The van der Waals surface area contributed by atoms with Crippen molar-refractivity contribution in [1.82, 2.24) is 9.88 Å². The molecule has 9 nitrogen and oxygen atoms in total. The molecule has 0 saturated carbocycles. The van der Waals surface area contributed by atoms with Gasteiger partial charge in [0, 0.05) is 24.5 Å². The van der Waals surface area contributed by atoms with Crippen molar-refractivity contribution in [3.8, 4) is 23.0 Å². The summed E-state index contributed by atoms with van der Waals surface area (Å²) in [7, 11) is 0. The molecule has 0 unspecified atom stereocenters. The smallest absolute Gasteiger partial charge is 0.295 e. The molecular weight excluding hydrogens is 548 g/mol. The highest BCUT2D eigenvalue weighted by Crippen LogP contribution is 2.44. The molecule has 1 amide bonds. The number of carbonyl (C=O) groups is 2. The summed E-state index contributed by atoms with van der Waals surface area (Å²) in [4.78, 5) is 32.7. The Morgan fingerprint density at radius 3 is 2.47 bits per heavy atom. The summed E-state index contributed by atoms with van der Waals surface area (Å²) in [6.07, 6.45) is 3.28. The number of amides is 1. The Hall–Kier alpha value is -5.31. The second kappa shape index (κ2) is 12.3. The third kappa shape index (κ3) is 5.74. The SMILES string of the molecule is CCOc1cc([C@@H]2C(=C(O)c3ccc4c(c3)OCCO4)C(=O)C(=O)N2Cc2cccnc2)ccc1OCc1ccccc1. The van der Waals surface area contributed by atoms with Gasteiger partial charge in [0.25, 0.3) is 11.7 Å². The minimum absolute atomic E-state index is 0.0361. The van der Waals surface area contributed by atoms with Crippen LogP contribution in [0.15, 0.2) is 96.8 Å². The first-order valence-electron chi connectivity index (χ1n) is 14.0. The van der Waals surface area contributed by atoms with Crippen LogP contribution in [0.2, 0.25) is 0 Å². The van der Waals surface area contributed by atoms with Crippen molar-refractivity contribution in [2.45, 2.75) is 26.1 Å². The minimum Gasteiger partial charge on any atom is -0.507 e. The van der Waals surface area contributed by atoms with Crippen LogP contribution in [0.1, 0.15) is 35.2 Å². The summed E-state index contributed by atoms with van der Waals surface area (Å²) in [5.74, 6) is 0.155. The fourth-order valence-electron chi connectivity index (χ4n) is 5.24. The number of pyridine rings is 1. The van der Waals surface area contributed by atoms with Crippen LogP contribution in [0, 0.1) is 0 Å². The van der Waals surface area contributed by atoms with Gasteiger partial charge in [-0.25, -0.2) is 0 Å². The molecule has 0 aliphatic carbocycles. The Morgan fingerprint density at radius 2 is 1.70 bits per heavy atom. The molecule has 1 atom stereocenters. The molecular formula is C34H30N2O7. The number of ether oxygens (including phenoxy) is 4. The average molecular weight is 579 g/mol. The van der Waals surface area contributed by atoms with Crippen molar-refractivity contribution in [3.63, 3.8) is 0 Å². The van der Waals surface area contributed by atoms with Gasteiger partial charge in [-0.1, -0.05) is 42.5 Å². The molecule has 1 fully saturated rings. The number of aliphatic hydroxyl groups excluding tert-OH is 1. The molecule has 218 valence electrons. The number of hydrogen-bond donors (Lipinski definition) is 1. The van der Waals surface area contributed by atoms with E-state index in [1.54, 1.807) is 54.9 Å². The van der Waals surface area contributed by atoms with Crippen molar-refractivity contribution in [3.05, 3.63) is 119 Å². The van der Waals surface area contributed by atoms with E-state index in [-0.39, 0.29) is 17.9 Å². The van der Waals surface area contributed by atoms with E-state index >= 15 is 0 Å². The quantitative estimate of drug-likeness (QED) is 0.159. The van der Waals surface area contributed by atoms with Crippen molar-refractivity contribution in [2.75, 3.05) is 19.8 Å². The van der Waals surface area contributed by atoms with Crippen LogP contribution in [0.5, 0.6) is 23.0 Å². The van der Waals surface area contributed by atoms with Crippen LogP contribution >= 0.6 is 0 Å². The van der Waals surface area contributed by atoms with Gasteiger partial charge in [0.15, 0.2) is 23.0 Å². The fraction of sp³-hybridized carbons (Fsp3) is 0.206. The average Bonchev–Trinajstić information content (AvgIpc) is 3.29. The van der Waals surface area contributed by atoms with Gasteiger partial charge in [0.2, 0.25) is 0 Å². The predicted molar refractivity (Wildman–Crippen MR) is 158 cm³/mol. The standard InChI is InChI=1S/C34H30N2O7/c1-2-40-28-17-24(10-12-27(28)43-21-22-7-4-3-5-8-22)31-30(32(37)25-11-13-26-29(18-25)42-16-15-41-26)33(38)34(39)36(31)20-23-9-6-14-35-19-23/h3-14,17-19,31,37H,2,15-16,20-21H2,1H3/t31-/m1/s1. The van der Waals surface area contributed by atoms with E-state index < -0.39 is 17.7 Å². The number of benzene rings is 3. The molecule has 43 heavy (non-hydrogen) atoms. The number of fused-ring (bicyclic) bond motifs is 1. The number of likely N-dealkylation sites (tertiary alicyclic amines) is 1. The molecule has 6 rings (SSSR count). The normalized spacial score (nSPS) is 17.1. The van der Waals surface area contributed by atoms with E-state index in [4.69, 9.17) is 18.9 Å². The lowest BCUT2D eigenvalue weighted by molar-refractivity contribution is -0.140. The van der Waals surface area contributed by atoms with Gasteiger partial charge < -0.3 is 29.0 Å². The van der Waals surface area contributed by atoms with Crippen molar-refractivity contribution < 1.29 is 33.6 Å². The highest BCUT2D eigenvalue weighted by atomic mass is 16.6. The predicted octanol–water partition coefficient (Wildman–Crippen LogP) is 5.45. The lowest BCUT2D eigenvalue weighted by atomic mass is 9.94. The molecule has 1 N–H and O–H groups in total. The van der Waals surface area contributed by atoms with E-state index in [0.29, 0.717) is 60.6 Å². The van der Waals surface area contributed by atoms with Gasteiger partial charge in [-0.3, -0.25) is 14.6 Å². The summed E-state index contributed by atoms with van der Waals surface area (Å²) in [6.45, 7) is 3.47. The van der Waals surface area contributed by atoms with Crippen LogP contribution < -0.4 is 18.9 Å². The zero-order chi connectivity index (χ0) is 29.8. The van der Waals surface area contributed by atoms with E-state index in [1.807, 2.05) is 43.3 Å². The minimum atomic E-state index is -0.907. The number of ketones is 1. The fourth-order valence-corrected chi connectivity index (χ4v) is 5.24. The summed E-state index contributed by atoms with van der Waals surface area (Å²) < 4.78 is 23.3. The summed E-state index contributed by atoms with van der Waals surface area (Å²) >= 11 is 0. The van der Waals surface area contributed by atoms with Crippen LogP contribution in [-0.2, 0) is 22.7 Å². The van der Waals surface area contributed by atoms with Gasteiger partial charge >= 0.3 is 0 Å². The molecule has 0 radical (unpaired) electrons. The second-order valence-corrected chi connectivity index (χ2v) is 10.1. The topological polar surface area (TPSA) is 107 Å². The van der Waals surface area contributed by atoms with Crippen molar-refractivity contribution in [1.29, 1.82) is 0 Å². The molecule has 3 aromatic carbocycles. The van der Waals surface area contributed by atoms with Gasteiger partial charge in [-0.15, -0.1) is 0 Å². The summed E-state index contributed by atoms with van der Waals surface area (Å²) in [6, 6.07) is 22.7. The van der Waals surface area contributed by atoms with Gasteiger partial charge in [0.1, 0.15) is 25.6 Å². The van der Waals surface area contributed by atoms with Crippen LogP contribution in [0.4, 0.5) is 0 Å². The number of rotatable bonds is 9. The van der Waals surface area contributed by atoms with Gasteiger partial charge in [-0.05, 0) is 60.0 Å². The molecule has 1 aromatic heterocycles. The van der Waals surface area contributed by atoms with Gasteiger partial charge in [0.05, 0.1) is 18.2 Å². The maximum Gasteiger partial charge on any atom is 0.295 e. The maximum atomic E-state index is 13.6. The van der Waals surface area contributed by atoms with E-state index in [0.717, 1.165) is 11.1 Å². The lowest BCUT2D eigenvalue weighted by Gasteiger charge is -2.26. The Bertz CT molecular complexity index is 1670. The number of nitrogens with zero attached hydrogens (tertiary/aromatic N) is 2. The van der Waals surface area contributed by atoms with E-state index in [1.165, 1.54) is 4.90 Å². The molecule has 2 aliphatic rings. The zero-order valence-corrected chi connectivity index (χ0v) is 23.6. The maximum absolute atomic E-state index is 13.6. The highest BCUT2D eigenvalue weighted by Gasteiger charge is 2.46. The lowest BCUT2D eigenvalue weighted by Crippen LogP contribution is -2.29. The molecule has 1 saturated heterocycles. The Labute approximate surface area is 248 Å².